The Morgan fingerprint density at radius 3 is 2.57 bits per heavy atom. The zero-order valence-electron chi connectivity index (χ0n) is 10.9. The number of nitrogens with zero attached hydrogens (tertiary/aromatic N) is 2. The Hall–Kier alpha value is -3.16. The van der Waals surface area contributed by atoms with Gasteiger partial charge in [-0.15, -0.1) is 0 Å². The van der Waals surface area contributed by atoms with Gasteiger partial charge in [0.05, 0.1) is 0 Å². The van der Waals surface area contributed by atoms with Crippen LogP contribution in [-0.4, -0.2) is 31.9 Å². The second kappa shape index (κ2) is 5.45. The van der Waals surface area contributed by atoms with Crippen LogP contribution >= 0.6 is 0 Å². The molecule has 0 aliphatic heterocycles. The van der Waals surface area contributed by atoms with Crippen LogP contribution in [-0.2, 0) is 7.05 Å². The number of aryl methyl sites for hydroxylation is 1. The SMILES string of the molecule is Cn1nc(C(=O)Nc2ccc(O)c(C(=O)O)c2)ccc1=O. The number of aromatic nitrogens is 2. The largest absolute Gasteiger partial charge is 0.507 e. The van der Waals surface area contributed by atoms with Gasteiger partial charge in [-0.2, -0.15) is 5.10 Å². The molecule has 1 aromatic carbocycles. The highest BCUT2D eigenvalue weighted by Gasteiger charge is 2.13. The van der Waals surface area contributed by atoms with Crippen molar-refractivity contribution in [2.24, 2.45) is 7.05 Å². The molecule has 8 nitrogen and oxygen atoms in total. The van der Waals surface area contributed by atoms with E-state index in [1.54, 1.807) is 0 Å². The molecule has 0 spiro atoms. The van der Waals surface area contributed by atoms with E-state index in [4.69, 9.17) is 5.11 Å². The Morgan fingerprint density at radius 2 is 1.95 bits per heavy atom. The number of carboxylic acid groups (broad SMARTS) is 1. The number of benzene rings is 1. The van der Waals surface area contributed by atoms with Gasteiger partial charge in [-0.1, -0.05) is 0 Å². The second-order valence-electron chi connectivity index (χ2n) is 4.17. The molecule has 1 aromatic heterocycles. The van der Waals surface area contributed by atoms with Gasteiger partial charge in [-0.25, -0.2) is 9.48 Å². The van der Waals surface area contributed by atoms with Crippen molar-refractivity contribution in [3.63, 3.8) is 0 Å². The van der Waals surface area contributed by atoms with Gasteiger partial charge in [-0.05, 0) is 24.3 Å². The van der Waals surface area contributed by atoms with Crippen LogP contribution in [0.15, 0.2) is 35.1 Å². The number of carbonyl (C=O) groups excluding carboxylic acids is 1. The molecular weight excluding hydrogens is 278 g/mol. The van der Waals surface area contributed by atoms with Crippen molar-refractivity contribution in [3.8, 4) is 5.75 Å². The fourth-order valence-electron chi connectivity index (χ4n) is 1.60. The average Bonchev–Trinajstić information content (AvgIpc) is 2.43. The molecule has 0 saturated heterocycles. The highest BCUT2D eigenvalue weighted by molar-refractivity contribution is 6.03. The maximum absolute atomic E-state index is 11.9. The maximum atomic E-state index is 11.9. The first-order valence-electron chi connectivity index (χ1n) is 5.80. The number of amides is 1. The van der Waals surface area contributed by atoms with E-state index in [0.717, 1.165) is 16.8 Å². The molecule has 0 aliphatic carbocycles. The Kier molecular flexibility index (Phi) is 3.70. The summed E-state index contributed by atoms with van der Waals surface area (Å²) in [5, 5.41) is 24.5. The van der Waals surface area contributed by atoms with Crippen LogP contribution in [0.2, 0.25) is 0 Å². The molecule has 2 aromatic rings. The minimum absolute atomic E-state index is 0.00190. The number of phenols is 1. The first kappa shape index (κ1) is 14.3. The van der Waals surface area contributed by atoms with Crippen molar-refractivity contribution in [3.05, 3.63) is 51.9 Å². The van der Waals surface area contributed by atoms with Crippen molar-refractivity contribution >= 4 is 17.6 Å². The van der Waals surface area contributed by atoms with Crippen molar-refractivity contribution in [2.45, 2.75) is 0 Å². The molecule has 0 radical (unpaired) electrons. The van der Waals surface area contributed by atoms with Crippen molar-refractivity contribution in [1.29, 1.82) is 0 Å². The first-order chi connectivity index (χ1) is 9.88. The molecule has 0 atom stereocenters. The van der Waals surface area contributed by atoms with E-state index in [2.05, 4.69) is 10.4 Å². The number of carboxylic acids is 1. The van der Waals surface area contributed by atoms with Crippen LogP contribution in [0.3, 0.4) is 0 Å². The molecule has 3 N–H and O–H groups in total. The summed E-state index contributed by atoms with van der Waals surface area (Å²) >= 11 is 0. The fraction of sp³-hybridized carbons (Fsp3) is 0.0769. The monoisotopic (exact) mass is 289 g/mol. The van der Waals surface area contributed by atoms with Gasteiger partial charge in [0.15, 0.2) is 0 Å². The Balaban J connectivity index is 2.27. The molecule has 21 heavy (non-hydrogen) atoms. The predicted octanol–water partition coefficient (Wildman–Crippen LogP) is 0.436. The number of carbonyl (C=O) groups is 2. The highest BCUT2D eigenvalue weighted by atomic mass is 16.4. The number of nitrogens with one attached hydrogen (secondary N) is 1. The zero-order chi connectivity index (χ0) is 15.6. The lowest BCUT2D eigenvalue weighted by atomic mass is 10.1. The number of rotatable bonds is 3. The standard InChI is InChI=1S/C13H11N3O5/c1-16-11(18)5-3-9(15-16)12(19)14-7-2-4-10(17)8(6-7)13(20)21/h2-6,17H,1H3,(H,14,19)(H,20,21). The van der Waals surface area contributed by atoms with Crippen LogP contribution in [0.5, 0.6) is 5.75 Å². The minimum atomic E-state index is -1.32. The molecule has 2 rings (SSSR count). The summed E-state index contributed by atoms with van der Waals surface area (Å²) in [6.07, 6.45) is 0. The van der Waals surface area contributed by atoms with E-state index in [0.29, 0.717) is 0 Å². The van der Waals surface area contributed by atoms with Crippen LogP contribution in [0.4, 0.5) is 5.69 Å². The van der Waals surface area contributed by atoms with Crippen molar-refractivity contribution in [2.75, 3.05) is 5.32 Å². The summed E-state index contributed by atoms with van der Waals surface area (Å²) < 4.78 is 1.01. The van der Waals surface area contributed by atoms with Crippen LogP contribution in [0, 0.1) is 0 Å². The van der Waals surface area contributed by atoms with Gasteiger partial charge in [0.25, 0.3) is 11.5 Å². The van der Waals surface area contributed by atoms with E-state index < -0.39 is 17.6 Å². The summed E-state index contributed by atoms with van der Waals surface area (Å²) in [5.74, 6) is -2.32. The third kappa shape index (κ3) is 3.06. The molecule has 1 heterocycles. The quantitative estimate of drug-likeness (QED) is 0.705. The van der Waals surface area contributed by atoms with E-state index in [9.17, 15) is 19.5 Å². The van der Waals surface area contributed by atoms with Crippen LogP contribution < -0.4 is 10.9 Å². The Bertz CT molecular complexity index is 782. The summed E-state index contributed by atoms with van der Waals surface area (Å²) in [6, 6.07) is 6.09. The lowest BCUT2D eigenvalue weighted by Gasteiger charge is -2.07. The smallest absolute Gasteiger partial charge is 0.339 e. The van der Waals surface area contributed by atoms with E-state index in [1.165, 1.54) is 25.2 Å². The molecule has 8 heteroatoms. The maximum Gasteiger partial charge on any atom is 0.339 e. The molecule has 0 fully saturated rings. The normalized spacial score (nSPS) is 10.1. The van der Waals surface area contributed by atoms with Crippen LogP contribution in [0.25, 0.3) is 0 Å². The van der Waals surface area contributed by atoms with Gasteiger partial charge in [0.2, 0.25) is 0 Å². The van der Waals surface area contributed by atoms with Gasteiger partial charge in [0, 0.05) is 18.8 Å². The topological polar surface area (TPSA) is 122 Å². The molecule has 0 aliphatic rings. The second-order valence-corrected chi connectivity index (χ2v) is 4.17. The third-order valence-corrected chi connectivity index (χ3v) is 2.68. The lowest BCUT2D eigenvalue weighted by molar-refractivity contribution is 0.0693. The summed E-state index contributed by atoms with van der Waals surface area (Å²) in [4.78, 5) is 34.0. The fourth-order valence-corrected chi connectivity index (χ4v) is 1.60. The average molecular weight is 289 g/mol. The summed E-state index contributed by atoms with van der Waals surface area (Å²) in [5.41, 5.74) is -0.501. The highest BCUT2D eigenvalue weighted by Crippen LogP contribution is 2.21. The molecular formula is C13H11N3O5. The molecule has 108 valence electrons. The number of hydrogen-bond donors (Lipinski definition) is 3. The van der Waals surface area contributed by atoms with Crippen LogP contribution in [0.1, 0.15) is 20.8 Å². The number of aromatic hydroxyl groups is 1. The van der Waals surface area contributed by atoms with Crippen molar-refractivity contribution < 1.29 is 19.8 Å². The summed E-state index contributed by atoms with van der Waals surface area (Å²) in [6.45, 7) is 0. The number of anilines is 1. The van der Waals surface area contributed by atoms with Gasteiger partial charge < -0.3 is 15.5 Å². The first-order valence-corrected chi connectivity index (χ1v) is 5.80. The third-order valence-electron chi connectivity index (χ3n) is 2.68. The van der Waals surface area contributed by atoms with Gasteiger partial charge in [0.1, 0.15) is 17.0 Å². The Labute approximate surface area is 118 Å². The molecule has 0 bridgehead atoms. The lowest BCUT2D eigenvalue weighted by Crippen LogP contribution is -2.23. The molecule has 1 amide bonds. The van der Waals surface area contributed by atoms with Crippen molar-refractivity contribution in [1.82, 2.24) is 9.78 Å². The van der Waals surface area contributed by atoms with E-state index in [-0.39, 0.29) is 22.5 Å². The Morgan fingerprint density at radius 1 is 1.24 bits per heavy atom. The van der Waals surface area contributed by atoms with Gasteiger partial charge in [-0.3, -0.25) is 9.59 Å². The minimum Gasteiger partial charge on any atom is -0.507 e. The van der Waals surface area contributed by atoms with Gasteiger partial charge >= 0.3 is 5.97 Å². The predicted molar refractivity (Wildman–Crippen MR) is 72.5 cm³/mol. The van der Waals surface area contributed by atoms with E-state index in [1.807, 2.05) is 0 Å². The van der Waals surface area contributed by atoms with E-state index >= 15 is 0 Å². The summed E-state index contributed by atoms with van der Waals surface area (Å²) in [7, 11) is 1.40. The molecule has 0 saturated carbocycles. The zero-order valence-corrected chi connectivity index (χ0v) is 10.9. The molecule has 0 unspecified atom stereocenters. The number of hydrogen-bond acceptors (Lipinski definition) is 5. The number of aromatic carboxylic acids is 1.